The number of amides is 1. The lowest BCUT2D eigenvalue weighted by Crippen LogP contribution is -2.35. The van der Waals surface area contributed by atoms with Crippen LogP contribution in [0.1, 0.15) is 48.2 Å². The zero-order valence-corrected chi connectivity index (χ0v) is 15.5. The van der Waals surface area contributed by atoms with E-state index in [2.05, 4.69) is 36.3 Å². The molecule has 0 spiro atoms. The Labute approximate surface area is 155 Å². The van der Waals surface area contributed by atoms with Crippen molar-refractivity contribution >= 4 is 5.91 Å². The molecule has 3 rings (SSSR count). The minimum atomic E-state index is -0.491. The third-order valence-corrected chi connectivity index (χ3v) is 4.80. The predicted octanol–water partition coefficient (Wildman–Crippen LogP) is 3.47. The van der Waals surface area contributed by atoms with Crippen molar-refractivity contribution < 1.29 is 9.53 Å². The number of fused-ring (bicyclic) bond motifs is 1. The van der Waals surface area contributed by atoms with Crippen LogP contribution in [0.5, 0.6) is 11.6 Å². The number of rotatable bonds is 7. The summed E-state index contributed by atoms with van der Waals surface area (Å²) in [7, 11) is 0. The van der Waals surface area contributed by atoms with Gasteiger partial charge in [0.1, 0.15) is 5.75 Å². The standard InChI is InChI=1S/C21H27N3O2/c1-14(2)9-10-23-18-6-3-16-12-19(7-4-15(16)11-18)26-20-8-5-17(13-24-20)21(22)25/h4-5,7-8,12-14,18,23H,3,6,9-11H2,1-2H3,(H2,22,25). The van der Waals surface area contributed by atoms with Gasteiger partial charge in [-0.25, -0.2) is 4.98 Å². The lowest BCUT2D eigenvalue weighted by molar-refractivity contribution is 0.1000. The Balaban J connectivity index is 1.60. The third kappa shape index (κ3) is 4.82. The quantitative estimate of drug-likeness (QED) is 0.799. The van der Waals surface area contributed by atoms with Crippen molar-refractivity contribution in [3.63, 3.8) is 0 Å². The van der Waals surface area contributed by atoms with E-state index in [4.69, 9.17) is 10.5 Å². The SMILES string of the molecule is CC(C)CCNC1CCc2cc(Oc3ccc(C(N)=O)cn3)ccc2C1. The van der Waals surface area contributed by atoms with Crippen LogP contribution in [-0.2, 0) is 12.8 Å². The number of hydrogen-bond donors (Lipinski definition) is 2. The summed E-state index contributed by atoms with van der Waals surface area (Å²) in [5, 5.41) is 3.68. The first-order valence-electron chi connectivity index (χ1n) is 9.30. The van der Waals surface area contributed by atoms with E-state index < -0.39 is 5.91 Å². The largest absolute Gasteiger partial charge is 0.439 e. The first-order valence-corrected chi connectivity index (χ1v) is 9.30. The maximum Gasteiger partial charge on any atom is 0.250 e. The van der Waals surface area contributed by atoms with E-state index in [9.17, 15) is 4.79 Å². The van der Waals surface area contributed by atoms with Crippen molar-refractivity contribution in [1.82, 2.24) is 10.3 Å². The van der Waals surface area contributed by atoms with Crippen LogP contribution < -0.4 is 15.8 Å². The highest BCUT2D eigenvalue weighted by molar-refractivity contribution is 5.92. The Bertz CT molecular complexity index is 756. The molecule has 5 nitrogen and oxygen atoms in total. The Kier molecular flexibility index (Phi) is 5.89. The molecule has 0 fully saturated rings. The minimum Gasteiger partial charge on any atom is -0.439 e. The number of aromatic nitrogens is 1. The maximum absolute atomic E-state index is 11.1. The summed E-state index contributed by atoms with van der Waals surface area (Å²) in [4.78, 5) is 15.2. The molecule has 1 unspecified atom stereocenters. The minimum absolute atomic E-state index is 0.374. The van der Waals surface area contributed by atoms with Gasteiger partial charge in [0.15, 0.2) is 0 Å². The molecule has 3 N–H and O–H groups in total. The van der Waals surface area contributed by atoms with Crippen molar-refractivity contribution in [2.24, 2.45) is 11.7 Å². The molecule has 2 aromatic rings. The van der Waals surface area contributed by atoms with Gasteiger partial charge in [-0.2, -0.15) is 0 Å². The number of nitrogens with zero attached hydrogens (tertiary/aromatic N) is 1. The van der Waals surface area contributed by atoms with Gasteiger partial charge in [0.2, 0.25) is 11.8 Å². The molecule has 1 aromatic carbocycles. The lowest BCUT2D eigenvalue weighted by atomic mass is 9.88. The predicted molar refractivity (Wildman–Crippen MR) is 103 cm³/mol. The highest BCUT2D eigenvalue weighted by Gasteiger charge is 2.19. The highest BCUT2D eigenvalue weighted by Crippen LogP contribution is 2.28. The van der Waals surface area contributed by atoms with Crippen LogP contribution in [-0.4, -0.2) is 23.5 Å². The van der Waals surface area contributed by atoms with Gasteiger partial charge in [-0.15, -0.1) is 0 Å². The van der Waals surface area contributed by atoms with E-state index in [0.717, 1.165) is 37.5 Å². The normalized spacial score (nSPS) is 16.3. The molecule has 0 saturated heterocycles. The van der Waals surface area contributed by atoms with Gasteiger partial charge in [0.05, 0.1) is 5.56 Å². The number of pyridine rings is 1. The molecule has 1 heterocycles. The Morgan fingerprint density at radius 1 is 1.31 bits per heavy atom. The van der Waals surface area contributed by atoms with Gasteiger partial charge in [0.25, 0.3) is 0 Å². The number of nitrogens with two attached hydrogens (primary N) is 1. The molecule has 1 aromatic heterocycles. The molecule has 1 amide bonds. The molecular weight excluding hydrogens is 326 g/mol. The summed E-state index contributed by atoms with van der Waals surface area (Å²) < 4.78 is 5.82. The fourth-order valence-corrected chi connectivity index (χ4v) is 3.25. The lowest BCUT2D eigenvalue weighted by Gasteiger charge is -2.26. The van der Waals surface area contributed by atoms with E-state index in [-0.39, 0.29) is 0 Å². The molecule has 1 atom stereocenters. The first kappa shape index (κ1) is 18.4. The number of benzene rings is 1. The maximum atomic E-state index is 11.1. The van der Waals surface area contributed by atoms with Crippen molar-refractivity contribution in [2.75, 3.05) is 6.54 Å². The average Bonchev–Trinajstić information content (AvgIpc) is 2.62. The molecule has 0 radical (unpaired) electrons. The number of carbonyl (C=O) groups excluding carboxylic acids is 1. The summed E-state index contributed by atoms with van der Waals surface area (Å²) in [6.45, 7) is 5.61. The van der Waals surface area contributed by atoms with Crippen molar-refractivity contribution in [3.8, 4) is 11.6 Å². The van der Waals surface area contributed by atoms with Gasteiger partial charge in [0, 0.05) is 18.3 Å². The van der Waals surface area contributed by atoms with Crippen LogP contribution in [0.3, 0.4) is 0 Å². The van der Waals surface area contributed by atoms with Crippen LogP contribution in [0.25, 0.3) is 0 Å². The number of nitrogens with one attached hydrogen (secondary N) is 1. The van der Waals surface area contributed by atoms with Crippen LogP contribution in [0.15, 0.2) is 36.5 Å². The van der Waals surface area contributed by atoms with Gasteiger partial charge in [-0.05, 0) is 67.5 Å². The molecule has 138 valence electrons. The van der Waals surface area contributed by atoms with E-state index >= 15 is 0 Å². The highest BCUT2D eigenvalue weighted by atomic mass is 16.5. The summed E-state index contributed by atoms with van der Waals surface area (Å²) in [5.41, 5.74) is 8.33. The van der Waals surface area contributed by atoms with E-state index in [1.165, 1.54) is 23.7 Å². The van der Waals surface area contributed by atoms with Crippen LogP contribution >= 0.6 is 0 Å². The second-order valence-electron chi connectivity index (χ2n) is 7.36. The number of primary amides is 1. The molecule has 26 heavy (non-hydrogen) atoms. The number of carbonyl (C=O) groups is 1. The second kappa shape index (κ2) is 8.32. The van der Waals surface area contributed by atoms with Crippen molar-refractivity contribution in [2.45, 2.75) is 45.6 Å². The molecule has 5 heteroatoms. The zero-order chi connectivity index (χ0) is 18.5. The van der Waals surface area contributed by atoms with Crippen molar-refractivity contribution in [1.29, 1.82) is 0 Å². The van der Waals surface area contributed by atoms with Crippen LogP contribution in [0.4, 0.5) is 0 Å². The molecular formula is C21H27N3O2. The fourth-order valence-electron chi connectivity index (χ4n) is 3.25. The summed E-state index contributed by atoms with van der Waals surface area (Å²) in [5.74, 6) is 1.48. The Morgan fingerprint density at radius 2 is 2.15 bits per heavy atom. The summed E-state index contributed by atoms with van der Waals surface area (Å²) >= 11 is 0. The molecule has 1 aliphatic carbocycles. The Hall–Kier alpha value is -2.40. The molecule has 0 aliphatic heterocycles. The smallest absolute Gasteiger partial charge is 0.250 e. The Morgan fingerprint density at radius 3 is 2.85 bits per heavy atom. The fraction of sp³-hybridized carbons (Fsp3) is 0.429. The molecule has 1 aliphatic rings. The van der Waals surface area contributed by atoms with Gasteiger partial charge in [-0.3, -0.25) is 4.79 Å². The van der Waals surface area contributed by atoms with E-state index in [0.29, 0.717) is 17.5 Å². The number of aryl methyl sites for hydroxylation is 1. The molecule has 0 bridgehead atoms. The monoisotopic (exact) mass is 353 g/mol. The second-order valence-corrected chi connectivity index (χ2v) is 7.36. The van der Waals surface area contributed by atoms with Crippen LogP contribution in [0.2, 0.25) is 0 Å². The summed E-state index contributed by atoms with van der Waals surface area (Å²) in [6.07, 6.45) is 5.93. The van der Waals surface area contributed by atoms with Crippen molar-refractivity contribution in [3.05, 3.63) is 53.2 Å². The third-order valence-electron chi connectivity index (χ3n) is 4.80. The first-order chi connectivity index (χ1) is 12.5. The van der Waals surface area contributed by atoms with Crippen LogP contribution in [0, 0.1) is 5.92 Å². The average molecular weight is 353 g/mol. The van der Waals surface area contributed by atoms with E-state index in [1.54, 1.807) is 12.1 Å². The van der Waals surface area contributed by atoms with Gasteiger partial charge < -0.3 is 15.8 Å². The number of ether oxygens (including phenoxy) is 1. The van der Waals surface area contributed by atoms with Gasteiger partial charge in [-0.1, -0.05) is 19.9 Å². The number of hydrogen-bond acceptors (Lipinski definition) is 4. The zero-order valence-electron chi connectivity index (χ0n) is 15.5. The molecule has 0 saturated carbocycles. The topological polar surface area (TPSA) is 77.2 Å². The van der Waals surface area contributed by atoms with Gasteiger partial charge >= 0.3 is 0 Å². The van der Waals surface area contributed by atoms with E-state index in [1.807, 2.05) is 6.07 Å². The summed E-state index contributed by atoms with van der Waals surface area (Å²) in [6, 6.07) is 10.1.